The smallest absolute Gasteiger partial charge is 0.323 e. The molecule has 7 heteroatoms. The molecule has 15 heavy (non-hydrogen) atoms. The number of carboxylic acids is 1. The third kappa shape index (κ3) is 5.50. The number of carbonyl (C=O) groups excluding carboxylic acids is 2. The molecule has 0 aromatic carbocycles. The normalized spacial score (nSPS) is 9.80. The Morgan fingerprint density at radius 3 is 2.27 bits per heavy atom. The highest BCUT2D eigenvalue weighted by Crippen LogP contribution is 1.97. The van der Waals surface area contributed by atoms with Gasteiger partial charge in [-0.15, -0.1) is 0 Å². The minimum atomic E-state index is -1.11. The zero-order chi connectivity index (χ0) is 12.0. The summed E-state index contributed by atoms with van der Waals surface area (Å²) in [4.78, 5) is 33.3. The Kier molecular flexibility index (Phi) is 5.14. The molecule has 7 nitrogen and oxygen atoms in total. The largest absolute Gasteiger partial charge is 0.480 e. The molecule has 0 atom stereocenters. The van der Waals surface area contributed by atoms with Crippen LogP contribution < -0.4 is 11.1 Å². The summed E-state index contributed by atoms with van der Waals surface area (Å²) in [7, 11) is 0. The van der Waals surface area contributed by atoms with Gasteiger partial charge in [0.25, 0.3) is 0 Å². The number of nitrogens with zero attached hydrogens (tertiary/aromatic N) is 1. The first kappa shape index (κ1) is 13.2. The molecule has 0 saturated heterocycles. The Bertz CT molecular complexity index is 265. The average Bonchev–Trinajstić information content (AvgIpc) is 2.09. The van der Waals surface area contributed by atoms with Gasteiger partial charge >= 0.3 is 12.0 Å². The number of carboxylic acid groups (broad SMARTS) is 1. The van der Waals surface area contributed by atoms with Crippen LogP contribution in [-0.2, 0) is 9.59 Å². The van der Waals surface area contributed by atoms with E-state index in [1.54, 1.807) is 13.8 Å². The number of nitrogens with one attached hydrogen (secondary N) is 1. The van der Waals surface area contributed by atoms with E-state index in [4.69, 9.17) is 10.8 Å². The molecule has 0 saturated carbocycles. The lowest BCUT2D eigenvalue weighted by Crippen LogP contribution is -2.48. The number of nitrogens with two attached hydrogens (primary N) is 1. The van der Waals surface area contributed by atoms with E-state index < -0.39 is 24.5 Å². The molecule has 0 aromatic heterocycles. The molecule has 0 radical (unpaired) electrons. The van der Waals surface area contributed by atoms with Crippen molar-refractivity contribution in [3.63, 3.8) is 0 Å². The van der Waals surface area contributed by atoms with Gasteiger partial charge in [-0.25, -0.2) is 4.79 Å². The summed E-state index contributed by atoms with van der Waals surface area (Å²) in [6, 6.07) is -0.889. The number of aliphatic carboxylic acids is 1. The SMILES string of the molecule is CC(C)N(CC(=O)O)C(=O)NCC(N)=O. The molecule has 0 aliphatic heterocycles. The van der Waals surface area contributed by atoms with E-state index in [1.165, 1.54) is 0 Å². The highest BCUT2D eigenvalue weighted by molar-refractivity contribution is 5.84. The fourth-order valence-corrected chi connectivity index (χ4v) is 0.899. The molecule has 0 aliphatic rings. The molecule has 0 unspecified atom stereocenters. The first-order valence-corrected chi connectivity index (χ1v) is 4.39. The van der Waals surface area contributed by atoms with Gasteiger partial charge in [0, 0.05) is 6.04 Å². The van der Waals surface area contributed by atoms with Crippen molar-refractivity contribution in [2.24, 2.45) is 5.73 Å². The zero-order valence-electron chi connectivity index (χ0n) is 8.69. The molecule has 0 bridgehead atoms. The van der Waals surface area contributed by atoms with Crippen molar-refractivity contribution in [1.82, 2.24) is 10.2 Å². The summed E-state index contributed by atoms with van der Waals surface area (Å²) in [5, 5.41) is 10.8. The zero-order valence-corrected chi connectivity index (χ0v) is 8.69. The number of hydrogen-bond acceptors (Lipinski definition) is 3. The lowest BCUT2D eigenvalue weighted by molar-refractivity contribution is -0.138. The minimum Gasteiger partial charge on any atom is -0.480 e. The number of carbonyl (C=O) groups is 3. The van der Waals surface area contributed by atoms with E-state index in [2.05, 4.69) is 5.32 Å². The average molecular weight is 217 g/mol. The van der Waals surface area contributed by atoms with E-state index in [1.807, 2.05) is 0 Å². The Morgan fingerprint density at radius 2 is 1.93 bits per heavy atom. The molecule has 4 N–H and O–H groups in total. The van der Waals surface area contributed by atoms with Crippen molar-refractivity contribution in [2.75, 3.05) is 13.1 Å². The molecule has 86 valence electrons. The van der Waals surface area contributed by atoms with Crippen molar-refractivity contribution in [2.45, 2.75) is 19.9 Å². The Balaban J connectivity index is 4.29. The number of amides is 3. The molecule has 0 rings (SSSR count). The van der Waals surface area contributed by atoms with Crippen LogP contribution in [0.1, 0.15) is 13.8 Å². The fourth-order valence-electron chi connectivity index (χ4n) is 0.899. The Hall–Kier alpha value is -1.79. The highest BCUT2D eigenvalue weighted by Gasteiger charge is 2.19. The second kappa shape index (κ2) is 5.84. The van der Waals surface area contributed by atoms with Crippen LogP contribution >= 0.6 is 0 Å². The maximum absolute atomic E-state index is 11.4. The summed E-state index contributed by atoms with van der Waals surface area (Å²) in [6.07, 6.45) is 0. The molecule has 0 aromatic rings. The van der Waals surface area contributed by atoms with Crippen molar-refractivity contribution < 1.29 is 19.5 Å². The summed E-state index contributed by atoms with van der Waals surface area (Å²) in [6.45, 7) is 2.63. The molecule has 0 heterocycles. The topological polar surface area (TPSA) is 113 Å². The number of urea groups is 1. The minimum absolute atomic E-state index is 0.269. The van der Waals surface area contributed by atoms with Crippen LogP contribution in [0.25, 0.3) is 0 Å². The first-order valence-electron chi connectivity index (χ1n) is 4.39. The van der Waals surface area contributed by atoms with Crippen LogP contribution in [-0.4, -0.2) is 47.0 Å². The molecule has 0 spiro atoms. The molecular formula is C8H15N3O4. The lowest BCUT2D eigenvalue weighted by atomic mass is 10.3. The van der Waals surface area contributed by atoms with Crippen LogP contribution in [0.15, 0.2) is 0 Å². The van der Waals surface area contributed by atoms with E-state index in [9.17, 15) is 14.4 Å². The number of primary amides is 1. The van der Waals surface area contributed by atoms with Crippen LogP contribution in [0.3, 0.4) is 0 Å². The lowest BCUT2D eigenvalue weighted by Gasteiger charge is -2.24. The van der Waals surface area contributed by atoms with Gasteiger partial charge in [-0.3, -0.25) is 9.59 Å². The third-order valence-electron chi connectivity index (χ3n) is 1.60. The summed E-state index contributed by atoms with van der Waals surface area (Å²) in [5.41, 5.74) is 4.83. The van der Waals surface area contributed by atoms with Crippen LogP contribution in [0, 0.1) is 0 Å². The van der Waals surface area contributed by atoms with E-state index in [0.717, 1.165) is 4.90 Å². The maximum atomic E-state index is 11.4. The van der Waals surface area contributed by atoms with Crippen molar-refractivity contribution in [3.05, 3.63) is 0 Å². The fraction of sp³-hybridized carbons (Fsp3) is 0.625. The van der Waals surface area contributed by atoms with Gasteiger partial charge in [-0.1, -0.05) is 0 Å². The van der Waals surface area contributed by atoms with Crippen molar-refractivity contribution >= 4 is 17.9 Å². The van der Waals surface area contributed by atoms with Gasteiger partial charge < -0.3 is 21.1 Å². The Labute approximate surface area is 87.2 Å². The maximum Gasteiger partial charge on any atom is 0.323 e. The standard InChI is InChI=1S/C8H15N3O4/c1-5(2)11(4-7(13)14)8(15)10-3-6(9)12/h5H,3-4H2,1-2H3,(H2,9,12)(H,10,15)(H,13,14). The van der Waals surface area contributed by atoms with Crippen LogP contribution in [0.2, 0.25) is 0 Å². The predicted octanol–water partition coefficient (Wildman–Crippen LogP) is -1.02. The molecule has 0 aliphatic carbocycles. The van der Waals surface area contributed by atoms with E-state index in [-0.39, 0.29) is 12.6 Å². The van der Waals surface area contributed by atoms with Gasteiger partial charge in [0.2, 0.25) is 5.91 Å². The summed E-state index contributed by atoms with van der Waals surface area (Å²) in [5.74, 6) is -1.79. The van der Waals surface area contributed by atoms with E-state index >= 15 is 0 Å². The molecular weight excluding hydrogens is 202 g/mol. The first-order chi connectivity index (χ1) is 6.84. The third-order valence-corrected chi connectivity index (χ3v) is 1.60. The van der Waals surface area contributed by atoms with Crippen molar-refractivity contribution in [1.29, 1.82) is 0 Å². The number of rotatable bonds is 5. The molecule has 3 amide bonds. The second-order valence-corrected chi connectivity index (χ2v) is 3.24. The van der Waals surface area contributed by atoms with Crippen LogP contribution in [0.4, 0.5) is 4.79 Å². The summed E-state index contributed by atoms with van der Waals surface area (Å²) < 4.78 is 0. The van der Waals surface area contributed by atoms with Gasteiger partial charge in [0.1, 0.15) is 6.54 Å². The Morgan fingerprint density at radius 1 is 1.40 bits per heavy atom. The van der Waals surface area contributed by atoms with Crippen molar-refractivity contribution in [3.8, 4) is 0 Å². The van der Waals surface area contributed by atoms with Gasteiger partial charge in [-0.2, -0.15) is 0 Å². The molecule has 0 fully saturated rings. The monoisotopic (exact) mass is 217 g/mol. The summed E-state index contributed by atoms with van der Waals surface area (Å²) >= 11 is 0. The predicted molar refractivity (Wildman–Crippen MR) is 52.1 cm³/mol. The van der Waals surface area contributed by atoms with Gasteiger partial charge in [-0.05, 0) is 13.8 Å². The van der Waals surface area contributed by atoms with Gasteiger partial charge in [0.05, 0.1) is 6.54 Å². The second-order valence-electron chi connectivity index (χ2n) is 3.24. The number of hydrogen-bond donors (Lipinski definition) is 3. The van der Waals surface area contributed by atoms with Gasteiger partial charge in [0.15, 0.2) is 0 Å². The van der Waals surface area contributed by atoms with Crippen LogP contribution in [0.5, 0.6) is 0 Å². The van der Waals surface area contributed by atoms with E-state index in [0.29, 0.717) is 0 Å². The highest BCUT2D eigenvalue weighted by atomic mass is 16.4. The quantitative estimate of drug-likeness (QED) is 0.546.